The number of nitrogens with two attached hydrogens (primary N) is 1. The summed E-state index contributed by atoms with van der Waals surface area (Å²) in [6.07, 6.45) is 0. The van der Waals surface area contributed by atoms with E-state index in [1.165, 1.54) is 0 Å². The highest BCUT2D eigenvalue weighted by Gasteiger charge is 2.18. The van der Waals surface area contributed by atoms with E-state index in [2.05, 4.69) is 17.1 Å². The third-order valence-electron chi connectivity index (χ3n) is 2.89. The number of hydrogen-bond acceptors (Lipinski definition) is 4. The predicted molar refractivity (Wildman–Crippen MR) is 77.8 cm³/mol. The van der Waals surface area contributed by atoms with Crippen LogP contribution in [0.1, 0.15) is 6.92 Å². The van der Waals surface area contributed by atoms with Crippen LogP contribution in [0.5, 0.6) is 0 Å². The molecule has 0 bridgehead atoms. The highest BCUT2D eigenvalue weighted by Crippen LogP contribution is 2.17. The van der Waals surface area contributed by atoms with Gasteiger partial charge < -0.3 is 11.1 Å². The summed E-state index contributed by atoms with van der Waals surface area (Å²) in [6, 6.07) is 7.22. The van der Waals surface area contributed by atoms with Crippen molar-refractivity contribution in [1.82, 2.24) is 4.90 Å². The maximum atomic E-state index is 11.9. The zero-order valence-electron chi connectivity index (χ0n) is 10.6. The summed E-state index contributed by atoms with van der Waals surface area (Å²) in [5.74, 6) is 1.15. The molecule has 98 valence electrons. The number of hydrogen-bond donors (Lipinski definition) is 2. The van der Waals surface area contributed by atoms with Crippen molar-refractivity contribution in [3.05, 3.63) is 24.3 Å². The van der Waals surface area contributed by atoms with Crippen LogP contribution in [0.2, 0.25) is 0 Å². The molecule has 5 heteroatoms. The summed E-state index contributed by atoms with van der Waals surface area (Å²) < 4.78 is 0. The minimum atomic E-state index is 0.0406. The number of amides is 1. The lowest BCUT2D eigenvalue weighted by atomic mass is 10.3. The number of thioether (sulfide) groups is 1. The van der Waals surface area contributed by atoms with Crippen LogP contribution in [0, 0.1) is 0 Å². The Morgan fingerprint density at radius 2 is 2.22 bits per heavy atom. The van der Waals surface area contributed by atoms with Crippen molar-refractivity contribution in [3.8, 4) is 0 Å². The van der Waals surface area contributed by atoms with Gasteiger partial charge in [-0.2, -0.15) is 11.8 Å². The highest BCUT2D eigenvalue weighted by molar-refractivity contribution is 7.99. The molecule has 3 N–H and O–H groups in total. The molecule has 0 aliphatic carbocycles. The molecule has 18 heavy (non-hydrogen) atoms. The third kappa shape index (κ3) is 3.92. The van der Waals surface area contributed by atoms with E-state index in [1.54, 1.807) is 12.1 Å². The Morgan fingerprint density at radius 3 is 2.89 bits per heavy atom. The van der Waals surface area contributed by atoms with Crippen LogP contribution in [-0.4, -0.2) is 41.4 Å². The number of benzene rings is 1. The summed E-state index contributed by atoms with van der Waals surface area (Å²) in [5, 5.41) is 3.50. The van der Waals surface area contributed by atoms with Crippen LogP contribution in [0.4, 0.5) is 11.4 Å². The standard InChI is InChI=1S/C13H19N3OS/c1-10-8-16(6-7-18-10)9-13(17)15-12-4-2-11(14)3-5-12/h2-5,10H,6-9,14H2,1H3,(H,15,17). The summed E-state index contributed by atoms with van der Waals surface area (Å²) in [5.41, 5.74) is 7.10. The lowest BCUT2D eigenvalue weighted by molar-refractivity contribution is -0.117. The minimum Gasteiger partial charge on any atom is -0.399 e. The van der Waals surface area contributed by atoms with E-state index < -0.39 is 0 Å². The van der Waals surface area contributed by atoms with Crippen molar-refractivity contribution in [2.75, 3.05) is 36.4 Å². The van der Waals surface area contributed by atoms with Gasteiger partial charge in [0.2, 0.25) is 5.91 Å². The molecule has 1 saturated heterocycles. The van der Waals surface area contributed by atoms with Gasteiger partial charge >= 0.3 is 0 Å². The van der Waals surface area contributed by atoms with Crippen LogP contribution >= 0.6 is 11.8 Å². The molecule has 1 unspecified atom stereocenters. The molecule has 1 atom stereocenters. The Hall–Kier alpha value is -1.20. The number of anilines is 2. The monoisotopic (exact) mass is 265 g/mol. The largest absolute Gasteiger partial charge is 0.399 e. The first-order chi connectivity index (χ1) is 8.63. The number of carbonyl (C=O) groups is 1. The van der Waals surface area contributed by atoms with Crippen molar-refractivity contribution in [2.24, 2.45) is 0 Å². The third-order valence-corrected chi connectivity index (χ3v) is 4.02. The molecule has 1 aromatic carbocycles. The van der Waals surface area contributed by atoms with Gasteiger partial charge in [0.05, 0.1) is 6.54 Å². The minimum absolute atomic E-state index is 0.0406. The Bertz CT molecular complexity index is 407. The average Bonchev–Trinajstić information content (AvgIpc) is 2.32. The number of nitrogen functional groups attached to an aromatic ring is 1. The van der Waals surface area contributed by atoms with E-state index in [1.807, 2.05) is 23.9 Å². The fraction of sp³-hybridized carbons (Fsp3) is 0.462. The molecular formula is C13H19N3OS. The van der Waals surface area contributed by atoms with Gasteiger partial charge in [-0.3, -0.25) is 9.69 Å². The topological polar surface area (TPSA) is 58.4 Å². The lowest BCUT2D eigenvalue weighted by Crippen LogP contribution is -2.41. The first kappa shape index (κ1) is 13.2. The molecule has 4 nitrogen and oxygen atoms in total. The smallest absolute Gasteiger partial charge is 0.238 e. The van der Waals surface area contributed by atoms with Gasteiger partial charge in [-0.25, -0.2) is 0 Å². The predicted octanol–water partition coefficient (Wildman–Crippen LogP) is 1.64. The summed E-state index contributed by atoms with van der Waals surface area (Å²) >= 11 is 1.97. The molecule has 1 aromatic rings. The molecule has 1 aliphatic rings. The van der Waals surface area contributed by atoms with Crippen LogP contribution in [-0.2, 0) is 4.79 Å². The first-order valence-electron chi connectivity index (χ1n) is 6.13. The zero-order valence-corrected chi connectivity index (χ0v) is 11.4. The molecule has 1 heterocycles. The number of carbonyl (C=O) groups excluding carboxylic acids is 1. The van der Waals surface area contributed by atoms with E-state index in [9.17, 15) is 4.79 Å². The van der Waals surface area contributed by atoms with Crippen LogP contribution in [0.3, 0.4) is 0 Å². The maximum absolute atomic E-state index is 11.9. The SMILES string of the molecule is CC1CN(CC(=O)Nc2ccc(N)cc2)CCS1. The summed E-state index contributed by atoms with van der Waals surface area (Å²) in [6.45, 7) is 4.65. The normalized spacial score (nSPS) is 20.6. The molecule has 1 fully saturated rings. The van der Waals surface area contributed by atoms with Gasteiger partial charge in [-0.05, 0) is 24.3 Å². The Balaban J connectivity index is 1.83. The van der Waals surface area contributed by atoms with Gasteiger partial charge in [0.1, 0.15) is 0 Å². The van der Waals surface area contributed by atoms with Crippen molar-refractivity contribution in [2.45, 2.75) is 12.2 Å². The molecule has 0 radical (unpaired) electrons. The second-order valence-electron chi connectivity index (χ2n) is 4.59. The Labute approximate surface area is 112 Å². The fourth-order valence-corrected chi connectivity index (χ4v) is 3.09. The highest BCUT2D eigenvalue weighted by atomic mass is 32.2. The van der Waals surface area contributed by atoms with Crippen molar-refractivity contribution in [1.29, 1.82) is 0 Å². The van der Waals surface area contributed by atoms with Crippen LogP contribution in [0.25, 0.3) is 0 Å². The summed E-state index contributed by atoms with van der Waals surface area (Å²) in [7, 11) is 0. The Kier molecular flexibility index (Phi) is 4.49. The number of rotatable bonds is 3. The summed E-state index contributed by atoms with van der Waals surface area (Å²) in [4.78, 5) is 14.1. The fourth-order valence-electron chi connectivity index (χ4n) is 2.00. The molecule has 0 saturated carbocycles. The molecular weight excluding hydrogens is 246 g/mol. The Morgan fingerprint density at radius 1 is 1.50 bits per heavy atom. The van der Waals surface area contributed by atoms with E-state index in [0.29, 0.717) is 17.5 Å². The van der Waals surface area contributed by atoms with Gasteiger partial charge in [0, 0.05) is 35.5 Å². The maximum Gasteiger partial charge on any atom is 0.238 e. The van der Waals surface area contributed by atoms with E-state index in [-0.39, 0.29) is 5.91 Å². The number of nitrogens with one attached hydrogen (secondary N) is 1. The van der Waals surface area contributed by atoms with E-state index >= 15 is 0 Å². The second-order valence-corrected chi connectivity index (χ2v) is 6.13. The quantitative estimate of drug-likeness (QED) is 0.816. The van der Waals surface area contributed by atoms with Gasteiger partial charge in [0.15, 0.2) is 0 Å². The lowest BCUT2D eigenvalue weighted by Gasteiger charge is -2.29. The molecule has 0 aromatic heterocycles. The van der Waals surface area contributed by atoms with Crippen molar-refractivity contribution < 1.29 is 4.79 Å². The first-order valence-corrected chi connectivity index (χ1v) is 7.18. The molecule has 2 rings (SSSR count). The molecule has 1 aliphatic heterocycles. The van der Waals surface area contributed by atoms with E-state index in [0.717, 1.165) is 24.5 Å². The molecule has 1 amide bonds. The molecule has 0 spiro atoms. The number of nitrogens with zero attached hydrogens (tertiary/aromatic N) is 1. The van der Waals surface area contributed by atoms with E-state index in [4.69, 9.17) is 5.73 Å². The van der Waals surface area contributed by atoms with Gasteiger partial charge in [-0.15, -0.1) is 0 Å². The van der Waals surface area contributed by atoms with Crippen LogP contribution in [0.15, 0.2) is 24.3 Å². The second kappa shape index (κ2) is 6.11. The van der Waals surface area contributed by atoms with Gasteiger partial charge in [0.25, 0.3) is 0 Å². The van der Waals surface area contributed by atoms with Crippen LogP contribution < -0.4 is 11.1 Å². The zero-order chi connectivity index (χ0) is 13.0. The van der Waals surface area contributed by atoms with Crippen molar-refractivity contribution in [3.63, 3.8) is 0 Å². The van der Waals surface area contributed by atoms with Crippen molar-refractivity contribution >= 4 is 29.0 Å². The van der Waals surface area contributed by atoms with Gasteiger partial charge in [-0.1, -0.05) is 6.92 Å². The average molecular weight is 265 g/mol.